The van der Waals surface area contributed by atoms with Crippen molar-refractivity contribution in [2.24, 2.45) is 0 Å². The number of aromatic nitrogens is 1. The molecule has 0 aliphatic heterocycles. The molecule has 0 bridgehead atoms. The van der Waals surface area contributed by atoms with Crippen LogP contribution in [0.2, 0.25) is 10.0 Å². The predicted molar refractivity (Wildman–Crippen MR) is 110 cm³/mol. The van der Waals surface area contributed by atoms with Gasteiger partial charge in [-0.3, -0.25) is 4.79 Å². The Morgan fingerprint density at radius 1 is 0.900 bits per heavy atom. The van der Waals surface area contributed by atoms with Gasteiger partial charge in [-0.2, -0.15) is 0 Å². The third-order valence-electron chi connectivity index (χ3n) is 4.66. The summed E-state index contributed by atoms with van der Waals surface area (Å²) in [6, 6.07) is 12.0. The zero-order chi connectivity index (χ0) is 21.6. The molecule has 3 aromatic carbocycles. The van der Waals surface area contributed by atoms with E-state index < -0.39 is 23.4 Å². The number of nitrogens with zero attached hydrogens (tertiary/aromatic N) is 1. The van der Waals surface area contributed by atoms with Gasteiger partial charge < -0.3 is 9.67 Å². The van der Waals surface area contributed by atoms with Crippen molar-refractivity contribution in [3.8, 4) is 5.69 Å². The smallest absolute Gasteiger partial charge is 0.335 e. The Hall–Kier alpha value is -3.22. The van der Waals surface area contributed by atoms with E-state index in [0.717, 1.165) is 6.07 Å². The maximum Gasteiger partial charge on any atom is 0.335 e. The van der Waals surface area contributed by atoms with E-state index in [9.17, 15) is 18.4 Å². The number of para-hydroxylation sites is 1. The number of rotatable bonds is 4. The maximum absolute atomic E-state index is 14.7. The standard InChI is InChI=1S/C22H11Cl2F2NO3/c23-14-4-2-5-15(24)19(14)21(28)13-10-27(20-12(13)3-1-6-16(20)25)18-8-7-11(22(29)30)9-17(18)26/h1-10H,(H,29,30). The lowest BCUT2D eigenvalue weighted by Gasteiger charge is -2.08. The molecule has 4 nitrogen and oxygen atoms in total. The van der Waals surface area contributed by atoms with Crippen LogP contribution in [-0.4, -0.2) is 21.4 Å². The van der Waals surface area contributed by atoms with Gasteiger partial charge in [0.15, 0.2) is 5.78 Å². The van der Waals surface area contributed by atoms with Crippen LogP contribution in [0.1, 0.15) is 26.3 Å². The quantitative estimate of drug-likeness (QED) is 0.383. The van der Waals surface area contributed by atoms with E-state index in [4.69, 9.17) is 28.3 Å². The molecule has 0 radical (unpaired) electrons. The summed E-state index contributed by atoms with van der Waals surface area (Å²) in [5, 5.41) is 9.53. The Kier molecular flexibility index (Phi) is 5.05. The van der Waals surface area contributed by atoms with E-state index in [1.807, 2.05) is 0 Å². The van der Waals surface area contributed by atoms with Gasteiger partial charge >= 0.3 is 5.97 Å². The number of carbonyl (C=O) groups excluding carboxylic acids is 1. The average molecular weight is 446 g/mol. The van der Waals surface area contributed by atoms with Crippen LogP contribution in [0, 0.1) is 11.6 Å². The van der Waals surface area contributed by atoms with E-state index >= 15 is 0 Å². The fraction of sp³-hybridized carbons (Fsp3) is 0. The predicted octanol–water partition coefficient (Wildman–Crippen LogP) is 6.14. The van der Waals surface area contributed by atoms with Gasteiger partial charge in [0.05, 0.1) is 32.4 Å². The molecule has 0 saturated carbocycles. The summed E-state index contributed by atoms with van der Waals surface area (Å²) in [7, 11) is 0. The third-order valence-corrected chi connectivity index (χ3v) is 5.29. The van der Waals surface area contributed by atoms with E-state index in [2.05, 4.69) is 0 Å². The minimum absolute atomic E-state index is 0.0361. The first-order valence-electron chi connectivity index (χ1n) is 8.61. The van der Waals surface area contributed by atoms with Crippen LogP contribution < -0.4 is 0 Å². The van der Waals surface area contributed by atoms with E-state index in [-0.39, 0.29) is 43.3 Å². The Morgan fingerprint density at radius 3 is 2.20 bits per heavy atom. The fourth-order valence-electron chi connectivity index (χ4n) is 3.30. The minimum atomic E-state index is -1.30. The molecular weight excluding hydrogens is 435 g/mol. The monoisotopic (exact) mass is 445 g/mol. The van der Waals surface area contributed by atoms with Gasteiger partial charge in [-0.25, -0.2) is 13.6 Å². The zero-order valence-corrected chi connectivity index (χ0v) is 16.5. The summed E-state index contributed by atoms with van der Waals surface area (Å²) >= 11 is 12.3. The van der Waals surface area contributed by atoms with E-state index in [0.29, 0.717) is 0 Å². The number of halogens is 4. The van der Waals surface area contributed by atoms with Crippen LogP contribution in [0.25, 0.3) is 16.6 Å². The third kappa shape index (κ3) is 3.24. The van der Waals surface area contributed by atoms with Crippen molar-refractivity contribution in [3.63, 3.8) is 0 Å². The lowest BCUT2D eigenvalue weighted by atomic mass is 10.0. The van der Waals surface area contributed by atoms with Crippen molar-refractivity contribution in [1.82, 2.24) is 4.57 Å². The van der Waals surface area contributed by atoms with Crippen molar-refractivity contribution in [3.05, 3.63) is 99.2 Å². The lowest BCUT2D eigenvalue weighted by molar-refractivity contribution is 0.0696. The number of aromatic carboxylic acids is 1. The number of benzene rings is 3. The summed E-state index contributed by atoms with van der Waals surface area (Å²) in [6.45, 7) is 0. The normalized spacial score (nSPS) is 11.1. The molecule has 8 heteroatoms. The van der Waals surface area contributed by atoms with Crippen molar-refractivity contribution < 1.29 is 23.5 Å². The number of hydrogen-bond donors (Lipinski definition) is 1. The molecule has 0 amide bonds. The topological polar surface area (TPSA) is 59.3 Å². The van der Waals surface area contributed by atoms with Crippen molar-refractivity contribution in [1.29, 1.82) is 0 Å². The Bertz CT molecular complexity index is 1330. The Morgan fingerprint density at radius 2 is 1.57 bits per heavy atom. The highest BCUT2D eigenvalue weighted by atomic mass is 35.5. The van der Waals surface area contributed by atoms with E-state index in [1.54, 1.807) is 6.07 Å². The fourth-order valence-corrected chi connectivity index (χ4v) is 3.87. The molecule has 1 heterocycles. The number of carbonyl (C=O) groups is 2. The lowest BCUT2D eigenvalue weighted by Crippen LogP contribution is -2.03. The number of carboxylic acid groups (broad SMARTS) is 1. The van der Waals surface area contributed by atoms with Gasteiger partial charge in [0.2, 0.25) is 0 Å². The first kappa shape index (κ1) is 20.1. The van der Waals surface area contributed by atoms with Gasteiger partial charge in [0.25, 0.3) is 0 Å². The van der Waals surface area contributed by atoms with Crippen LogP contribution in [-0.2, 0) is 0 Å². The van der Waals surface area contributed by atoms with Crippen molar-refractivity contribution >= 4 is 45.9 Å². The molecule has 30 heavy (non-hydrogen) atoms. The molecular formula is C22H11Cl2F2NO3. The zero-order valence-electron chi connectivity index (χ0n) is 15.0. The number of carboxylic acids is 1. The summed E-state index contributed by atoms with van der Waals surface area (Å²) < 4.78 is 30.6. The molecule has 0 atom stereocenters. The molecule has 4 rings (SSSR count). The summed E-state index contributed by atoms with van der Waals surface area (Å²) in [4.78, 5) is 24.3. The SMILES string of the molecule is O=C(O)c1ccc(-n2cc(C(=O)c3c(Cl)cccc3Cl)c3cccc(F)c32)c(F)c1. The molecule has 1 aromatic heterocycles. The highest BCUT2D eigenvalue weighted by molar-refractivity contribution is 6.41. The Labute approximate surface area is 178 Å². The highest BCUT2D eigenvalue weighted by Crippen LogP contribution is 2.33. The number of ketones is 1. The van der Waals surface area contributed by atoms with Crippen molar-refractivity contribution in [2.75, 3.05) is 0 Å². The highest BCUT2D eigenvalue weighted by Gasteiger charge is 2.24. The van der Waals surface area contributed by atoms with Crippen molar-refractivity contribution in [2.45, 2.75) is 0 Å². The summed E-state index contributed by atoms with van der Waals surface area (Å²) in [5.41, 5.74) is -0.287. The Balaban J connectivity index is 1.98. The first-order valence-corrected chi connectivity index (χ1v) is 9.36. The summed E-state index contributed by atoms with van der Waals surface area (Å²) in [5.74, 6) is -3.42. The molecule has 0 saturated heterocycles. The number of hydrogen-bond acceptors (Lipinski definition) is 2. The molecule has 0 fully saturated rings. The molecule has 4 aromatic rings. The van der Waals surface area contributed by atoms with Crippen LogP contribution >= 0.6 is 23.2 Å². The second-order valence-electron chi connectivity index (χ2n) is 6.45. The van der Waals surface area contributed by atoms with Crippen LogP contribution in [0.4, 0.5) is 8.78 Å². The van der Waals surface area contributed by atoms with Crippen LogP contribution in [0.15, 0.2) is 60.8 Å². The summed E-state index contributed by atoms with van der Waals surface area (Å²) in [6.07, 6.45) is 1.29. The van der Waals surface area contributed by atoms with Crippen LogP contribution in [0.5, 0.6) is 0 Å². The van der Waals surface area contributed by atoms with Gasteiger partial charge in [0.1, 0.15) is 11.6 Å². The number of fused-ring (bicyclic) bond motifs is 1. The minimum Gasteiger partial charge on any atom is -0.478 e. The van der Waals surface area contributed by atoms with Gasteiger partial charge in [0, 0.05) is 17.1 Å². The molecule has 1 N–H and O–H groups in total. The molecule has 150 valence electrons. The van der Waals surface area contributed by atoms with Gasteiger partial charge in [-0.1, -0.05) is 41.4 Å². The second kappa shape index (κ2) is 7.55. The molecule has 0 spiro atoms. The van der Waals surface area contributed by atoms with Gasteiger partial charge in [-0.05, 0) is 36.4 Å². The largest absolute Gasteiger partial charge is 0.478 e. The molecule has 0 aliphatic carbocycles. The first-order chi connectivity index (χ1) is 14.3. The molecule has 0 aliphatic rings. The second-order valence-corrected chi connectivity index (χ2v) is 7.26. The van der Waals surface area contributed by atoms with Crippen LogP contribution in [0.3, 0.4) is 0 Å². The average Bonchev–Trinajstić information content (AvgIpc) is 3.08. The van der Waals surface area contributed by atoms with Gasteiger partial charge in [-0.15, -0.1) is 0 Å². The van der Waals surface area contributed by atoms with E-state index in [1.165, 1.54) is 53.2 Å². The maximum atomic E-state index is 14.7. The molecule has 0 unspecified atom stereocenters.